The lowest BCUT2D eigenvalue weighted by molar-refractivity contribution is 0.0992. The van der Waals surface area contributed by atoms with Crippen molar-refractivity contribution in [2.75, 3.05) is 26.0 Å². The van der Waals surface area contributed by atoms with Gasteiger partial charge < -0.3 is 9.64 Å². The van der Waals surface area contributed by atoms with Crippen LogP contribution in [0.15, 0.2) is 82.2 Å². The van der Waals surface area contributed by atoms with Crippen molar-refractivity contribution in [1.82, 2.24) is 4.31 Å². The first-order valence-electron chi connectivity index (χ1n) is 9.03. The van der Waals surface area contributed by atoms with Gasteiger partial charge in [-0.05, 0) is 70.5 Å². The Kier molecular flexibility index (Phi) is 6.60. The van der Waals surface area contributed by atoms with E-state index in [4.69, 9.17) is 4.74 Å². The summed E-state index contributed by atoms with van der Waals surface area (Å²) < 4.78 is 32.3. The molecule has 0 aliphatic heterocycles. The SMILES string of the molecule is CN(C(=O)c1ccc(Br)c(S(=O)(=O)N(C)C)c1)c1ccc(Oc2ccccc2)cc1. The number of hydrogen-bond donors (Lipinski definition) is 0. The summed E-state index contributed by atoms with van der Waals surface area (Å²) in [6, 6.07) is 21.0. The minimum Gasteiger partial charge on any atom is -0.457 e. The largest absolute Gasteiger partial charge is 0.457 e. The van der Waals surface area contributed by atoms with Gasteiger partial charge in [-0.2, -0.15) is 0 Å². The molecule has 0 N–H and O–H groups in total. The minimum absolute atomic E-state index is 0.0401. The van der Waals surface area contributed by atoms with Crippen molar-refractivity contribution < 1.29 is 17.9 Å². The quantitative estimate of drug-likeness (QED) is 0.501. The summed E-state index contributed by atoms with van der Waals surface area (Å²) in [6.45, 7) is 0. The lowest BCUT2D eigenvalue weighted by Crippen LogP contribution is -2.27. The van der Waals surface area contributed by atoms with Crippen LogP contribution in [0, 0.1) is 0 Å². The first-order valence-corrected chi connectivity index (χ1v) is 11.3. The highest BCUT2D eigenvalue weighted by Gasteiger charge is 2.23. The number of nitrogens with zero attached hydrogens (tertiary/aromatic N) is 2. The number of ether oxygens (including phenoxy) is 1. The zero-order valence-electron chi connectivity index (χ0n) is 16.7. The van der Waals surface area contributed by atoms with Gasteiger partial charge in [-0.3, -0.25) is 4.79 Å². The molecule has 3 aromatic carbocycles. The van der Waals surface area contributed by atoms with Crippen LogP contribution < -0.4 is 9.64 Å². The maximum atomic E-state index is 13.0. The van der Waals surface area contributed by atoms with Crippen LogP contribution in [-0.2, 0) is 10.0 Å². The van der Waals surface area contributed by atoms with E-state index in [1.54, 1.807) is 43.4 Å². The smallest absolute Gasteiger partial charge is 0.258 e. The lowest BCUT2D eigenvalue weighted by atomic mass is 10.2. The second-order valence-corrected chi connectivity index (χ2v) is 9.68. The fourth-order valence-corrected chi connectivity index (χ4v) is 4.55. The third-order valence-electron chi connectivity index (χ3n) is 4.44. The third kappa shape index (κ3) is 4.72. The molecule has 6 nitrogen and oxygen atoms in total. The van der Waals surface area contributed by atoms with Gasteiger partial charge in [0.2, 0.25) is 10.0 Å². The summed E-state index contributed by atoms with van der Waals surface area (Å²) >= 11 is 3.26. The Morgan fingerprint density at radius 3 is 2.07 bits per heavy atom. The fourth-order valence-electron chi connectivity index (χ4n) is 2.70. The molecule has 3 rings (SSSR count). The molecule has 0 heterocycles. The fraction of sp³-hybridized carbons (Fsp3) is 0.136. The number of carbonyl (C=O) groups is 1. The van der Waals surface area contributed by atoms with E-state index in [-0.39, 0.29) is 16.4 Å². The maximum absolute atomic E-state index is 13.0. The van der Waals surface area contributed by atoms with Crippen LogP contribution in [0.25, 0.3) is 0 Å². The Labute approximate surface area is 184 Å². The number of anilines is 1. The average Bonchev–Trinajstić information content (AvgIpc) is 2.74. The van der Waals surface area contributed by atoms with Crippen molar-refractivity contribution in [3.05, 3.63) is 82.8 Å². The standard InChI is InChI=1S/C22H21BrN2O4S/c1-24(2)30(27,28)21-15-16(9-14-20(21)23)22(26)25(3)17-10-12-19(13-11-17)29-18-7-5-4-6-8-18/h4-15H,1-3H3. The van der Waals surface area contributed by atoms with E-state index in [9.17, 15) is 13.2 Å². The van der Waals surface area contributed by atoms with E-state index < -0.39 is 10.0 Å². The minimum atomic E-state index is -3.69. The molecule has 0 unspecified atom stereocenters. The number of sulfonamides is 1. The monoisotopic (exact) mass is 488 g/mol. The molecule has 3 aromatic rings. The van der Waals surface area contributed by atoms with Gasteiger partial charge in [0.05, 0.1) is 4.90 Å². The number of amides is 1. The average molecular weight is 489 g/mol. The summed E-state index contributed by atoms with van der Waals surface area (Å²) in [5.41, 5.74) is 0.922. The topological polar surface area (TPSA) is 66.9 Å². The van der Waals surface area contributed by atoms with Gasteiger partial charge in [0.15, 0.2) is 0 Å². The Bertz CT molecular complexity index is 1150. The van der Waals surface area contributed by atoms with Gasteiger partial charge >= 0.3 is 0 Å². The Morgan fingerprint density at radius 2 is 1.47 bits per heavy atom. The molecule has 0 bridgehead atoms. The molecular formula is C22H21BrN2O4S. The number of hydrogen-bond acceptors (Lipinski definition) is 4. The van der Waals surface area contributed by atoms with E-state index in [1.165, 1.54) is 25.1 Å². The number of rotatable bonds is 6. The summed E-state index contributed by atoms with van der Waals surface area (Å²) in [5.74, 6) is 1.04. The molecule has 0 aliphatic rings. The third-order valence-corrected chi connectivity index (χ3v) is 7.25. The number of para-hydroxylation sites is 1. The van der Waals surface area contributed by atoms with Crippen LogP contribution in [0.5, 0.6) is 11.5 Å². The maximum Gasteiger partial charge on any atom is 0.258 e. The van der Waals surface area contributed by atoms with Gasteiger partial charge in [-0.1, -0.05) is 18.2 Å². The second kappa shape index (κ2) is 8.99. The Balaban J connectivity index is 1.82. The number of halogens is 1. The molecular weight excluding hydrogens is 468 g/mol. The molecule has 0 radical (unpaired) electrons. The van der Waals surface area contributed by atoms with Crippen LogP contribution in [0.1, 0.15) is 10.4 Å². The van der Waals surface area contributed by atoms with Gasteiger partial charge in [0.25, 0.3) is 5.91 Å². The summed E-state index contributed by atoms with van der Waals surface area (Å²) in [5, 5.41) is 0. The van der Waals surface area contributed by atoms with Crippen molar-refractivity contribution in [2.24, 2.45) is 0 Å². The highest BCUT2D eigenvalue weighted by Crippen LogP contribution is 2.28. The van der Waals surface area contributed by atoms with Crippen molar-refractivity contribution in [3.63, 3.8) is 0 Å². The van der Waals surface area contributed by atoms with Crippen LogP contribution in [0.3, 0.4) is 0 Å². The zero-order chi connectivity index (χ0) is 21.9. The molecule has 30 heavy (non-hydrogen) atoms. The molecule has 0 aromatic heterocycles. The molecule has 0 saturated heterocycles. The van der Waals surface area contributed by atoms with Crippen LogP contribution in [-0.4, -0.2) is 39.8 Å². The predicted octanol–water partition coefficient (Wildman–Crippen LogP) is 4.77. The normalized spacial score (nSPS) is 11.4. The van der Waals surface area contributed by atoms with Crippen LogP contribution in [0.4, 0.5) is 5.69 Å². The number of carbonyl (C=O) groups excluding carboxylic acids is 1. The van der Waals surface area contributed by atoms with E-state index in [2.05, 4.69) is 15.9 Å². The summed E-state index contributed by atoms with van der Waals surface area (Å²) in [6.07, 6.45) is 0. The van der Waals surface area contributed by atoms with Crippen molar-refractivity contribution in [1.29, 1.82) is 0 Å². The highest BCUT2D eigenvalue weighted by atomic mass is 79.9. The highest BCUT2D eigenvalue weighted by molar-refractivity contribution is 9.10. The van der Waals surface area contributed by atoms with Crippen LogP contribution >= 0.6 is 15.9 Å². The summed E-state index contributed by atoms with van der Waals surface area (Å²) in [7, 11) is 0.838. The van der Waals surface area contributed by atoms with E-state index in [0.29, 0.717) is 15.9 Å². The van der Waals surface area contributed by atoms with Crippen molar-refractivity contribution in [3.8, 4) is 11.5 Å². The van der Waals surface area contributed by atoms with Crippen molar-refractivity contribution >= 4 is 37.5 Å². The first kappa shape index (κ1) is 22.0. The molecule has 0 atom stereocenters. The number of benzene rings is 3. The molecule has 0 saturated carbocycles. The van der Waals surface area contributed by atoms with Gasteiger partial charge in [0.1, 0.15) is 11.5 Å². The zero-order valence-corrected chi connectivity index (χ0v) is 19.1. The lowest BCUT2D eigenvalue weighted by Gasteiger charge is -2.19. The van der Waals surface area contributed by atoms with E-state index in [0.717, 1.165) is 10.1 Å². The van der Waals surface area contributed by atoms with Crippen LogP contribution in [0.2, 0.25) is 0 Å². The van der Waals surface area contributed by atoms with E-state index in [1.807, 2.05) is 30.3 Å². The van der Waals surface area contributed by atoms with Gasteiger partial charge in [0, 0.05) is 36.9 Å². The second-order valence-electron chi connectivity index (χ2n) is 6.71. The van der Waals surface area contributed by atoms with E-state index >= 15 is 0 Å². The van der Waals surface area contributed by atoms with Gasteiger partial charge in [-0.15, -0.1) is 0 Å². The molecule has 8 heteroatoms. The summed E-state index contributed by atoms with van der Waals surface area (Å²) in [4.78, 5) is 14.5. The van der Waals surface area contributed by atoms with Crippen molar-refractivity contribution in [2.45, 2.75) is 4.90 Å². The molecule has 1 amide bonds. The first-order chi connectivity index (χ1) is 14.2. The Morgan fingerprint density at radius 1 is 0.867 bits per heavy atom. The Hall–Kier alpha value is -2.68. The molecule has 0 spiro atoms. The predicted molar refractivity (Wildman–Crippen MR) is 121 cm³/mol. The molecule has 0 aliphatic carbocycles. The molecule has 0 fully saturated rings. The molecule has 156 valence electrons. The van der Waals surface area contributed by atoms with Gasteiger partial charge in [-0.25, -0.2) is 12.7 Å².